The predicted molar refractivity (Wildman–Crippen MR) is 43.6 cm³/mol. The number of rotatable bonds is 1. The Balaban J connectivity index is 0.000000640. The molecule has 0 aromatic carbocycles. The average Bonchev–Trinajstić information content (AvgIpc) is 2.12. The number of aromatic nitrogens is 1. The van der Waals surface area contributed by atoms with Crippen molar-refractivity contribution in [3.05, 3.63) is 16.6 Å². The first kappa shape index (κ1) is 9.21. The van der Waals surface area contributed by atoms with Crippen LogP contribution in [0.15, 0.2) is 11.6 Å². The topological polar surface area (TPSA) is 12.9 Å². The van der Waals surface area contributed by atoms with Gasteiger partial charge >= 0.3 is 0 Å². The Morgan fingerprint density at radius 2 is 2.44 bits per heavy atom. The Labute approximate surface area is 69.5 Å². The van der Waals surface area contributed by atoms with E-state index in [2.05, 4.69) is 4.98 Å². The zero-order valence-electron chi connectivity index (χ0n) is 4.87. The second-order valence-electron chi connectivity index (χ2n) is 1.49. The second-order valence-corrected chi connectivity index (χ2v) is 3.07. The molecule has 1 aromatic heterocycles. The summed E-state index contributed by atoms with van der Waals surface area (Å²) in [5, 5.41) is 2.98. The molecule has 1 atom stereocenters. The van der Waals surface area contributed by atoms with E-state index in [1.807, 2.05) is 12.3 Å². The summed E-state index contributed by atoms with van der Waals surface area (Å²) in [6.07, 6.45) is 1.76. The van der Waals surface area contributed by atoms with Gasteiger partial charge in [-0.15, -0.1) is 35.3 Å². The lowest BCUT2D eigenvalue weighted by molar-refractivity contribution is 1.05. The summed E-state index contributed by atoms with van der Waals surface area (Å²) in [5.41, 5.74) is 0. The normalized spacial score (nSPS) is 12.2. The molecule has 0 saturated carbocycles. The van der Waals surface area contributed by atoms with Crippen LogP contribution in [0.1, 0.15) is 17.3 Å². The number of hydrogen-bond donors (Lipinski definition) is 0. The Morgan fingerprint density at radius 3 is 2.67 bits per heavy atom. The molecule has 0 aliphatic rings. The fourth-order valence-electron chi connectivity index (χ4n) is 0.431. The molecule has 0 amide bonds. The molecule has 1 aromatic rings. The highest BCUT2D eigenvalue weighted by atomic mass is 35.5. The van der Waals surface area contributed by atoms with Crippen LogP contribution in [-0.2, 0) is 0 Å². The second kappa shape index (κ2) is 4.09. The van der Waals surface area contributed by atoms with Crippen molar-refractivity contribution in [1.29, 1.82) is 0 Å². The lowest BCUT2D eigenvalue weighted by Crippen LogP contribution is -1.78. The van der Waals surface area contributed by atoms with Crippen LogP contribution in [0.5, 0.6) is 0 Å². The fourth-order valence-corrected chi connectivity index (χ4v) is 1.21. The van der Waals surface area contributed by atoms with Gasteiger partial charge in [-0.2, -0.15) is 0 Å². The smallest absolute Gasteiger partial charge is 0.110 e. The van der Waals surface area contributed by atoms with Gasteiger partial charge in [0.25, 0.3) is 0 Å². The van der Waals surface area contributed by atoms with Crippen molar-refractivity contribution in [2.45, 2.75) is 12.3 Å². The predicted octanol–water partition coefficient (Wildman–Crippen LogP) is 2.86. The summed E-state index contributed by atoms with van der Waals surface area (Å²) >= 11 is 7.28. The standard InChI is InChI=1S/C5H6ClNS.ClH/c1-4(6)5-7-2-3-8-5;/h2-4H,1H3;1H. The van der Waals surface area contributed by atoms with Crippen LogP contribution in [-0.4, -0.2) is 4.98 Å². The first-order valence-electron chi connectivity index (χ1n) is 2.34. The average molecular weight is 184 g/mol. The van der Waals surface area contributed by atoms with E-state index in [4.69, 9.17) is 11.6 Å². The Hall–Kier alpha value is 0.210. The molecule has 0 spiro atoms. The molecule has 0 N–H and O–H groups in total. The van der Waals surface area contributed by atoms with E-state index in [0.717, 1.165) is 5.01 Å². The van der Waals surface area contributed by atoms with E-state index in [1.165, 1.54) is 0 Å². The molecule has 0 bridgehead atoms. The van der Waals surface area contributed by atoms with Crippen molar-refractivity contribution in [1.82, 2.24) is 4.98 Å². The van der Waals surface area contributed by atoms with Gasteiger partial charge in [-0.3, -0.25) is 0 Å². The van der Waals surface area contributed by atoms with E-state index >= 15 is 0 Å². The quantitative estimate of drug-likeness (QED) is 0.611. The van der Waals surface area contributed by atoms with Crippen molar-refractivity contribution >= 4 is 35.3 Å². The third-order valence-corrected chi connectivity index (χ3v) is 2.09. The minimum atomic E-state index is 0. The number of alkyl halides is 1. The molecule has 1 nitrogen and oxygen atoms in total. The molecule has 0 saturated heterocycles. The van der Waals surface area contributed by atoms with Gasteiger partial charge in [0.2, 0.25) is 0 Å². The van der Waals surface area contributed by atoms with E-state index in [1.54, 1.807) is 17.5 Å². The number of nitrogens with zero attached hydrogens (tertiary/aromatic N) is 1. The minimum Gasteiger partial charge on any atom is -0.248 e. The summed E-state index contributed by atoms with van der Waals surface area (Å²) in [4.78, 5) is 4.00. The highest BCUT2D eigenvalue weighted by Crippen LogP contribution is 2.20. The van der Waals surface area contributed by atoms with Crippen LogP contribution in [0, 0.1) is 0 Å². The zero-order chi connectivity index (χ0) is 5.98. The highest BCUT2D eigenvalue weighted by Gasteiger charge is 2.00. The van der Waals surface area contributed by atoms with Crippen molar-refractivity contribution < 1.29 is 0 Å². The van der Waals surface area contributed by atoms with E-state index < -0.39 is 0 Å². The van der Waals surface area contributed by atoms with E-state index in [0.29, 0.717) is 0 Å². The van der Waals surface area contributed by atoms with Gasteiger partial charge in [0, 0.05) is 11.6 Å². The molecular weight excluding hydrogens is 177 g/mol. The minimum absolute atomic E-state index is 0. The molecule has 52 valence electrons. The maximum atomic E-state index is 5.69. The molecular formula is C5H7Cl2NS. The monoisotopic (exact) mass is 183 g/mol. The fraction of sp³-hybridized carbons (Fsp3) is 0.400. The third kappa shape index (κ3) is 2.52. The Kier molecular flexibility index (Phi) is 4.19. The molecule has 1 heterocycles. The molecule has 0 radical (unpaired) electrons. The van der Waals surface area contributed by atoms with Gasteiger partial charge in [0.1, 0.15) is 5.01 Å². The Morgan fingerprint density at radius 1 is 1.78 bits per heavy atom. The van der Waals surface area contributed by atoms with Crippen LogP contribution >= 0.6 is 35.3 Å². The lowest BCUT2D eigenvalue weighted by atomic mass is 10.5. The molecule has 1 unspecified atom stereocenters. The number of hydrogen-bond acceptors (Lipinski definition) is 2. The molecule has 1 rings (SSSR count). The van der Waals surface area contributed by atoms with Gasteiger partial charge in [-0.05, 0) is 6.92 Å². The first-order valence-corrected chi connectivity index (χ1v) is 3.66. The SMILES string of the molecule is CC(Cl)c1nccs1.Cl. The first-order chi connectivity index (χ1) is 3.80. The number of halogens is 2. The van der Waals surface area contributed by atoms with Crippen LogP contribution in [0.2, 0.25) is 0 Å². The van der Waals surface area contributed by atoms with Crippen molar-refractivity contribution in [3.8, 4) is 0 Å². The molecule has 4 heteroatoms. The van der Waals surface area contributed by atoms with Crippen LogP contribution < -0.4 is 0 Å². The van der Waals surface area contributed by atoms with Crippen molar-refractivity contribution in [2.75, 3.05) is 0 Å². The maximum absolute atomic E-state index is 5.69. The van der Waals surface area contributed by atoms with E-state index in [-0.39, 0.29) is 17.8 Å². The Bertz CT molecular complexity index is 150. The highest BCUT2D eigenvalue weighted by molar-refractivity contribution is 7.09. The van der Waals surface area contributed by atoms with Gasteiger partial charge in [0.05, 0.1) is 5.38 Å². The van der Waals surface area contributed by atoms with Gasteiger partial charge in [-0.1, -0.05) is 0 Å². The van der Waals surface area contributed by atoms with Gasteiger partial charge in [-0.25, -0.2) is 4.98 Å². The van der Waals surface area contributed by atoms with Crippen molar-refractivity contribution in [3.63, 3.8) is 0 Å². The summed E-state index contributed by atoms with van der Waals surface area (Å²) < 4.78 is 0. The summed E-state index contributed by atoms with van der Waals surface area (Å²) in [7, 11) is 0. The van der Waals surface area contributed by atoms with Gasteiger partial charge in [0.15, 0.2) is 0 Å². The van der Waals surface area contributed by atoms with Crippen molar-refractivity contribution in [2.24, 2.45) is 0 Å². The third-order valence-electron chi connectivity index (χ3n) is 0.792. The molecule has 0 aliphatic carbocycles. The largest absolute Gasteiger partial charge is 0.248 e. The maximum Gasteiger partial charge on any atom is 0.110 e. The number of thiazole rings is 1. The van der Waals surface area contributed by atoms with Crippen LogP contribution in [0.25, 0.3) is 0 Å². The summed E-state index contributed by atoms with van der Waals surface area (Å²) in [5.74, 6) is 0. The lowest BCUT2D eigenvalue weighted by Gasteiger charge is -1.91. The molecule has 9 heavy (non-hydrogen) atoms. The molecule has 0 fully saturated rings. The van der Waals surface area contributed by atoms with Gasteiger partial charge < -0.3 is 0 Å². The summed E-state index contributed by atoms with van der Waals surface area (Å²) in [6, 6.07) is 0. The molecule has 0 aliphatic heterocycles. The van der Waals surface area contributed by atoms with E-state index in [9.17, 15) is 0 Å². The summed E-state index contributed by atoms with van der Waals surface area (Å²) in [6.45, 7) is 1.92. The van der Waals surface area contributed by atoms with Crippen LogP contribution in [0.4, 0.5) is 0 Å². The zero-order valence-corrected chi connectivity index (χ0v) is 7.26. The van der Waals surface area contributed by atoms with Crippen LogP contribution in [0.3, 0.4) is 0 Å².